The Kier molecular flexibility index (Phi) is 14.1. The largest absolute Gasteiger partial charge is 0.497 e. The van der Waals surface area contributed by atoms with Gasteiger partial charge in [-0.1, -0.05) is 78.8 Å². The molecule has 1 heterocycles. The van der Waals surface area contributed by atoms with Crippen LogP contribution in [0.15, 0.2) is 132 Å². The molecule has 15 heteroatoms. The van der Waals surface area contributed by atoms with E-state index in [0.29, 0.717) is 22.5 Å². The van der Waals surface area contributed by atoms with Crippen molar-refractivity contribution >= 4 is 44.0 Å². The summed E-state index contributed by atoms with van der Waals surface area (Å²) in [5.74, 6) is -12.8. The Labute approximate surface area is 364 Å². The number of nitrogens with zero attached hydrogens (tertiary/aromatic N) is 4. The van der Waals surface area contributed by atoms with Crippen LogP contribution < -0.4 is 19.1 Å². The number of benzene rings is 6. The predicted molar refractivity (Wildman–Crippen MR) is 231 cm³/mol. The molecule has 0 aliphatic heterocycles. The second kappa shape index (κ2) is 20.0. The molecule has 7 rings (SSSR count). The molecule has 0 N–H and O–H groups in total. The molecule has 7 aromatic rings. The van der Waals surface area contributed by atoms with Crippen molar-refractivity contribution in [1.29, 1.82) is 0 Å². The minimum absolute atomic E-state index is 0.205. The van der Waals surface area contributed by atoms with Gasteiger partial charge in [0, 0.05) is 25.9 Å². The molecule has 324 valence electrons. The summed E-state index contributed by atoms with van der Waals surface area (Å²) in [4.78, 5) is 19.1. The smallest absolute Gasteiger partial charge is 0.343 e. The number of carbonyl (C=O) groups is 1. The van der Waals surface area contributed by atoms with E-state index in [-0.39, 0.29) is 10.7 Å². The van der Waals surface area contributed by atoms with Crippen LogP contribution in [0, 0.1) is 29.1 Å². The zero-order valence-corrected chi connectivity index (χ0v) is 35.2. The fraction of sp³-hybridized carbons (Fsp3) is 0.208. The number of aromatic nitrogens is 1. The van der Waals surface area contributed by atoms with Gasteiger partial charge >= 0.3 is 5.97 Å². The number of carbonyl (C=O) groups excluding carboxylic acids is 1. The van der Waals surface area contributed by atoms with Gasteiger partial charge in [-0.15, -0.1) is 10.2 Å². The predicted octanol–water partition coefficient (Wildman–Crippen LogP) is 12.6. The number of halogens is 5. The molecule has 6 aromatic carbocycles. The van der Waals surface area contributed by atoms with Crippen LogP contribution >= 0.6 is 11.3 Å². The molecule has 63 heavy (non-hydrogen) atoms. The zero-order valence-electron chi connectivity index (χ0n) is 34.4. The van der Waals surface area contributed by atoms with Gasteiger partial charge in [-0.3, -0.25) is 0 Å². The molecule has 0 bridgehead atoms. The van der Waals surface area contributed by atoms with Crippen molar-refractivity contribution in [2.75, 3.05) is 39.3 Å². The molecule has 0 saturated heterocycles. The number of hydrogen-bond donors (Lipinski definition) is 0. The Morgan fingerprint density at radius 3 is 1.84 bits per heavy atom. The van der Waals surface area contributed by atoms with Gasteiger partial charge in [-0.25, -0.2) is 22.9 Å². The fourth-order valence-electron chi connectivity index (χ4n) is 7.02. The topological polar surface area (TPSA) is 94.8 Å². The van der Waals surface area contributed by atoms with E-state index in [9.17, 15) is 26.7 Å². The number of thiazole rings is 1. The van der Waals surface area contributed by atoms with E-state index in [1.54, 1.807) is 14.2 Å². The number of ether oxygens (including phenoxy) is 4. The first kappa shape index (κ1) is 44.3. The lowest BCUT2D eigenvalue weighted by molar-refractivity contribution is 0.0106. The standard InChI is InChI=1S/C48H41F5N4O5S/c1-57(27-9-4-5-10-28-61-48(31-11-7-6-8-12-31,32-14-22-36(59-2)23-15-32)33-16-24-37(60-3)25-17-33)35-20-18-34(19-21-35)55-56-47-54-38-26-13-30(29-39(38)63-47)46(58)62-45-43(52)41(50)40(49)42(51)44(45)53/h6-8,11-26,29H,4-5,9-10,27-28H2,1-3H3. The average Bonchev–Trinajstić information content (AvgIpc) is 3.75. The number of fused-ring (bicyclic) bond motifs is 1. The summed E-state index contributed by atoms with van der Waals surface area (Å²) in [6.07, 6.45) is 3.85. The van der Waals surface area contributed by atoms with Gasteiger partial charge in [0.05, 0.1) is 35.7 Å². The van der Waals surface area contributed by atoms with Crippen molar-refractivity contribution in [1.82, 2.24) is 4.98 Å². The average molecular weight is 881 g/mol. The first-order valence-corrected chi connectivity index (χ1v) is 20.7. The molecule has 0 aliphatic carbocycles. The van der Waals surface area contributed by atoms with Crippen LogP contribution in [0.25, 0.3) is 10.2 Å². The van der Waals surface area contributed by atoms with Crippen LogP contribution in [0.5, 0.6) is 17.2 Å². The van der Waals surface area contributed by atoms with Gasteiger partial charge in [0.1, 0.15) is 17.1 Å². The van der Waals surface area contributed by atoms with E-state index in [1.807, 2.05) is 73.8 Å². The third-order valence-corrected chi connectivity index (χ3v) is 11.3. The van der Waals surface area contributed by atoms with Crippen molar-refractivity contribution in [2.45, 2.75) is 31.3 Å². The van der Waals surface area contributed by atoms with Gasteiger partial charge in [0.25, 0.3) is 0 Å². The normalized spacial score (nSPS) is 11.6. The zero-order chi connectivity index (χ0) is 44.5. The van der Waals surface area contributed by atoms with Crippen molar-refractivity contribution in [3.8, 4) is 17.2 Å². The summed E-state index contributed by atoms with van der Waals surface area (Å²) in [5, 5.41) is 8.75. The van der Waals surface area contributed by atoms with Crippen LogP contribution in [0.3, 0.4) is 0 Å². The second-order valence-corrected chi connectivity index (χ2v) is 15.4. The summed E-state index contributed by atoms with van der Waals surface area (Å²) in [7, 11) is 5.34. The highest BCUT2D eigenvalue weighted by molar-refractivity contribution is 7.21. The molecule has 0 radical (unpaired) electrons. The minimum atomic E-state index is -2.36. The van der Waals surface area contributed by atoms with Crippen molar-refractivity contribution in [2.24, 2.45) is 10.2 Å². The Balaban J connectivity index is 0.915. The summed E-state index contributed by atoms with van der Waals surface area (Å²) >= 11 is 1.07. The Bertz CT molecular complexity index is 2620. The summed E-state index contributed by atoms with van der Waals surface area (Å²) in [6, 6.07) is 37.8. The maximum Gasteiger partial charge on any atom is 0.343 e. The first-order chi connectivity index (χ1) is 30.5. The van der Waals surface area contributed by atoms with E-state index in [4.69, 9.17) is 14.2 Å². The van der Waals surface area contributed by atoms with Crippen LogP contribution in [-0.2, 0) is 10.3 Å². The molecule has 0 fully saturated rings. The number of anilines is 1. The number of methoxy groups -OCH3 is 2. The Morgan fingerprint density at radius 1 is 0.667 bits per heavy atom. The lowest BCUT2D eigenvalue weighted by atomic mass is 9.80. The van der Waals surface area contributed by atoms with E-state index in [1.165, 1.54) is 18.2 Å². The lowest BCUT2D eigenvalue weighted by Gasteiger charge is -2.36. The highest BCUT2D eigenvalue weighted by Crippen LogP contribution is 2.42. The third-order valence-electron chi connectivity index (χ3n) is 10.4. The van der Waals surface area contributed by atoms with E-state index in [2.05, 4.69) is 61.2 Å². The van der Waals surface area contributed by atoms with E-state index < -0.39 is 46.4 Å². The first-order valence-electron chi connectivity index (χ1n) is 19.9. The van der Waals surface area contributed by atoms with Crippen LogP contribution in [0.2, 0.25) is 0 Å². The van der Waals surface area contributed by atoms with Crippen LogP contribution in [0.1, 0.15) is 52.7 Å². The summed E-state index contributed by atoms with van der Waals surface area (Å²) in [5.41, 5.74) is 3.98. The minimum Gasteiger partial charge on any atom is -0.497 e. The van der Waals surface area contributed by atoms with Crippen LogP contribution in [-0.4, -0.2) is 45.4 Å². The van der Waals surface area contributed by atoms with E-state index >= 15 is 0 Å². The number of unbranched alkanes of at least 4 members (excludes halogenated alkanes) is 3. The molecular weight excluding hydrogens is 840 g/mol. The number of azo groups is 1. The van der Waals surface area contributed by atoms with Gasteiger partial charge in [0.2, 0.25) is 40.0 Å². The molecule has 0 saturated carbocycles. The van der Waals surface area contributed by atoms with E-state index in [0.717, 1.165) is 77.4 Å². The number of esters is 1. The number of rotatable bonds is 18. The van der Waals surface area contributed by atoms with Crippen molar-refractivity contribution in [3.05, 3.63) is 173 Å². The van der Waals surface area contributed by atoms with Gasteiger partial charge < -0.3 is 23.8 Å². The molecule has 0 spiro atoms. The molecule has 1 aromatic heterocycles. The lowest BCUT2D eigenvalue weighted by Crippen LogP contribution is -2.33. The van der Waals surface area contributed by atoms with Gasteiger partial charge in [-0.2, -0.15) is 8.78 Å². The summed E-state index contributed by atoms with van der Waals surface area (Å²) in [6.45, 7) is 1.39. The summed E-state index contributed by atoms with van der Waals surface area (Å²) < 4.78 is 91.6. The maximum absolute atomic E-state index is 14.1. The third kappa shape index (κ3) is 9.84. The maximum atomic E-state index is 14.1. The van der Waals surface area contributed by atoms with Crippen molar-refractivity contribution < 1.29 is 45.7 Å². The Morgan fingerprint density at radius 2 is 1.24 bits per heavy atom. The number of hydrogen-bond acceptors (Lipinski definition) is 10. The highest BCUT2D eigenvalue weighted by Gasteiger charge is 2.38. The molecule has 0 atom stereocenters. The highest BCUT2D eigenvalue weighted by atomic mass is 32.1. The quantitative estimate of drug-likeness (QED) is 0.0124. The van der Waals surface area contributed by atoms with Gasteiger partial charge in [-0.05, 0) is 96.3 Å². The molecule has 0 amide bonds. The molecular formula is C48H41F5N4O5S. The molecule has 0 unspecified atom stereocenters. The molecule has 9 nitrogen and oxygen atoms in total. The Hall–Kier alpha value is -6.71. The SMILES string of the molecule is COc1ccc(C(OCCCCCCN(C)c2ccc(N=Nc3nc4ccc(C(=O)Oc5c(F)c(F)c(F)c(F)c5F)cc4s3)cc2)(c2ccccc2)c2ccc(OC)cc2)cc1. The fourth-order valence-corrected chi connectivity index (χ4v) is 7.84. The molecule has 0 aliphatic rings. The monoisotopic (exact) mass is 880 g/mol. The van der Waals surface area contributed by atoms with Crippen LogP contribution in [0.4, 0.5) is 38.5 Å². The second-order valence-electron chi connectivity index (χ2n) is 14.4. The van der Waals surface area contributed by atoms with Crippen molar-refractivity contribution in [3.63, 3.8) is 0 Å². The van der Waals surface area contributed by atoms with Gasteiger partial charge in [0.15, 0.2) is 0 Å².